The van der Waals surface area contributed by atoms with Crippen LogP contribution in [0.4, 0.5) is 0 Å². The fourth-order valence-corrected chi connectivity index (χ4v) is 1.20. The van der Waals surface area contributed by atoms with Crippen molar-refractivity contribution < 1.29 is 9.53 Å². The fourth-order valence-electron chi connectivity index (χ4n) is 1.20. The minimum atomic E-state index is -0.211. The highest BCUT2D eigenvalue weighted by atomic mass is 16.5. The zero-order valence-electron chi connectivity index (χ0n) is 8.99. The minimum Gasteiger partial charge on any atom is -0.466 e. The van der Waals surface area contributed by atoms with Crippen molar-refractivity contribution in [1.29, 1.82) is 0 Å². The van der Waals surface area contributed by atoms with Crippen LogP contribution in [0, 0.1) is 0 Å². The van der Waals surface area contributed by atoms with Crippen LogP contribution in [0.25, 0.3) is 10.9 Å². The van der Waals surface area contributed by atoms with Gasteiger partial charge in [0.25, 0.3) is 0 Å². The molecule has 1 aromatic heterocycles. The number of hydrogen-bond donors (Lipinski definition) is 1. The molecule has 3 heteroatoms. The van der Waals surface area contributed by atoms with Gasteiger partial charge in [-0.1, -0.05) is 18.2 Å². The molecule has 2 aromatic rings. The van der Waals surface area contributed by atoms with E-state index in [0.29, 0.717) is 6.61 Å². The summed E-state index contributed by atoms with van der Waals surface area (Å²) < 4.78 is 4.40. The van der Waals surface area contributed by atoms with Gasteiger partial charge in [-0.2, -0.15) is 0 Å². The summed E-state index contributed by atoms with van der Waals surface area (Å²) in [7, 11) is 0. The van der Waals surface area contributed by atoms with Crippen LogP contribution in [0.1, 0.15) is 13.8 Å². The van der Waals surface area contributed by atoms with Crippen molar-refractivity contribution >= 4 is 16.9 Å². The summed E-state index contributed by atoms with van der Waals surface area (Å²) in [6.07, 6.45) is 1.95. The predicted octanol–water partition coefficient (Wildman–Crippen LogP) is 2.74. The van der Waals surface area contributed by atoms with E-state index in [1.54, 1.807) is 6.92 Å². The molecule has 0 saturated carbocycles. The second-order valence-electron chi connectivity index (χ2n) is 2.99. The third-order valence-electron chi connectivity index (χ3n) is 1.81. The van der Waals surface area contributed by atoms with Crippen molar-refractivity contribution in [3.05, 3.63) is 36.5 Å². The Morgan fingerprint density at radius 3 is 2.60 bits per heavy atom. The summed E-state index contributed by atoms with van der Waals surface area (Å²) in [5.41, 5.74) is 1.21. The first-order valence-corrected chi connectivity index (χ1v) is 4.89. The molecule has 0 spiro atoms. The van der Waals surface area contributed by atoms with E-state index in [0.717, 1.165) is 0 Å². The summed E-state index contributed by atoms with van der Waals surface area (Å²) in [5, 5.41) is 1.28. The van der Waals surface area contributed by atoms with E-state index < -0.39 is 0 Å². The minimum absolute atomic E-state index is 0.211. The van der Waals surface area contributed by atoms with E-state index >= 15 is 0 Å². The molecule has 0 saturated heterocycles. The molecule has 0 radical (unpaired) electrons. The van der Waals surface area contributed by atoms with Gasteiger partial charge in [0.15, 0.2) is 0 Å². The van der Waals surface area contributed by atoms with Crippen molar-refractivity contribution in [3.63, 3.8) is 0 Å². The maximum absolute atomic E-state index is 9.82. The maximum atomic E-state index is 9.82. The third kappa shape index (κ3) is 3.85. The monoisotopic (exact) mass is 205 g/mol. The van der Waals surface area contributed by atoms with Gasteiger partial charge in [-0.05, 0) is 24.4 Å². The number of hydrogen-bond acceptors (Lipinski definition) is 2. The summed E-state index contributed by atoms with van der Waals surface area (Å²) >= 11 is 0. The number of para-hydroxylation sites is 1. The normalized spacial score (nSPS) is 9.20. The predicted molar refractivity (Wildman–Crippen MR) is 60.6 cm³/mol. The molecule has 15 heavy (non-hydrogen) atoms. The second-order valence-corrected chi connectivity index (χ2v) is 2.99. The first-order valence-electron chi connectivity index (χ1n) is 4.89. The molecule has 0 bridgehead atoms. The highest BCUT2D eigenvalue weighted by Crippen LogP contribution is 2.09. The van der Waals surface area contributed by atoms with E-state index in [2.05, 4.69) is 27.9 Å². The van der Waals surface area contributed by atoms with Crippen LogP contribution in [0.3, 0.4) is 0 Å². The Morgan fingerprint density at radius 2 is 2.07 bits per heavy atom. The smallest absolute Gasteiger partial charge is 0.302 e. The fraction of sp³-hybridized carbons (Fsp3) is 0.250. The molecule has 1 aromatic carbocycles. The Labute approximate surface area is 89.1 Å². The van der Waals surface area contributed by atoms with Gasteiger partial charge in [0.2, 0.25) is 0 Å². The van der Waals surface area contributed by atoms with Crippen LogP contribution in [-0.4, -0.2) is 17.6 Å². The molecule has 3 nitrogen and oxygen atoms in total. The van der Waals surface area contributed by atoms with Gasteiger partial charge in [0, 0.05) is 18.6 Å². The average Bonchev–Trinajstić information content (AvgIpc) is 2.65. The standard InChI is InChI=1S/C8H7N.C4H8O2/c1-2-4-8-7(3-1)5-6-9-8;1-3-6-4(2)5/h1-6,9H;3H2,1-2H3. The number of ether oxygens (including phenoxy) is 1. The lowest BCUT2D eigenvalue weighted by Crippen LogP contribution is -1.95. The number of aromatic amines is 1. The number of carbonyl (C=O) groups excluding carboxylic acids is 1. The largest absolute Gasteiger partial charge is 0.466 e. The lowest BCUT2D eigenvalue weighted by atomic mass is 10.3. The van der Waals surface area contributed by atoms with E-state index in [-0.39, 0.29) is 5.97 Å². The number of H-pyrrole nitrogens is 1. The van der Waals surface area contributed by atoms with Gasteiger partial charge in [-0.25, -0.2) is 0 Å². The zero-order valence-corrected chi connectivity index (χ0v) is 8.99. The topological polar surface area (TPSA) is 42.1 Å². The van der Waals surface area contributed by atoms with Gasteiger partial charge < -0.3 is 9.72 Å². The van der Waals surface area contributed by atoms with Gasteiger partial charge in [0.1, 0.15) is 0 Å². The summed E-state index contributed by atoms with van der Waals surface area (Å²) in [4.78, 5) is 12.9. The lowest BCUT2D eigenvalue weighted by molar-refractivity contribution is -0.140. The van der Waals surface area contributed by atoms with Gasteiger partial charge in [-0.3, -0.25) is 4.79 Å². The quantitative estimate of drug-likeness (QED) is 0.727. The molecule has 80 valence electrons. The number of esters is 1. The zero-order chi connectivity index (χ0) is 11.1. The highest BCUT2D eigenvalue weighted by molar-refractivity contribution is 5.78. The second kappa shape index (κ2) is 5.86. The summed E-state index contributed by atoms with van der Waals surface area (Å²) in [6, 6.07) is 10.3. The molecule has 0 aliphatic heterocycles. The molecule has 0 fully saturated rings. The van der Waals surface area contributed by atoms with E-state index in [1.165, 1.54) is 17.8 Å². The average molecular weight is 205 g/mol. The molecule has 1 N–H and O–H groups in total. The van der Waals surface area contributed by atoms with Crippen LogP contribution >= 0.6 is 0 Å². The SMILES string of the molecule is CCOC(C)=O.c1ccc2[nH]ccc2c1. The Balaban J connectivity index is 0.000000167. The third-order valence-corrected chi connectivity index (χ3v) is 1.81. The van der Waals surface area contributed by atoms with E-state index in [4.69, 9.17) is 0 Å². The molecule has 0 atom stereocenters. The number of fused-ring (bicyclic) bond motifs is 1. The Kier molecular flexibility index (Phi) is 4.41. The summed E-state index contributed by atoms with van der Waals surface area (Å²) in [5.74, 6) is -0.211. The van der Waals surface area contributed by atoms with Crippen LogP contribution in [0.15, 0.2) is 36.5 Å². The molecule has 0 aliphatic carbocycles. The first kappa shape index (κ1) is 11.3. The number of aromatic nitrogens is 1. The number of rotatable bonds is 1. The lowest BCUT2D eigenvalue weighted by Gasteiger charge is -1.89. The van der Waals surface area contributed by atoms with E-state index in [1.807, 2.05) is 18.3 Å². The van der Waals surface area contributed by atoms with Gasteiger partial charge in [-0.15, -0.1) is 0 Å². The molecule has 2 rings (SSSR count). The molecular weight excluding hydrogens is 190 g/mol. The molecule has 0 amide bonds. The van der Waals surface area contributed by atoms with E-state index in [9.17, 15) is 4.79 Å². The molecule has 0 aliphatic rings. The number of carbonyl (C=O) groups is 1. The van der Waals surface area contributed by atoms with Crippen molar-refractivity contribution in [2.75, 3.05) is 6.61 Å². The van der Waals surface area contributed by atoms with Crippen molar-refractivity contribution in [2.45, 2.75) is 13.8 Å². The van der Waals surface area contributed by atoms with Gasteiger partial charge >= 0.3 is 5.97 Å². The first-order chi connectivity index (χ1) is 7.24. The Bertz CT molecular complexity index is 390. The van der Waals surface area contributed by atoms with Crippen LogP contribution in [0.2, 0.25) is 0 Å². The number of nitrogens with one attached hydrogen (secondary N) is 1. The molecule has 0 unspecified atom stereocenters. The Hall–Kier alpha value is -1.77. The molecular formula is C12H15NO2. The number of benzene rings is 1. The van der Waals surface area contributed by atoms with Crippen molar-refractivity contribution in [1.82, 2.24) is 4.98 Å². The Morgan fingerprint density at radius 1 is 1.33 bits per heavy atom. The van der Waals surface area contributed by atoms with Gasteiger partial charge in [0.05, 0.1) is 6.61 Å². The summed E-state index contributed by atoms with van der Waals surface area (Å²) in [6.45, 7) is 3.65. The van der Waals surface area contributed by atoms with Crippen LogP contribution in [0.5, 0.6) is 0 Å². The highest BCUT2D eigenvalue weighted by Gasteiger charge is 1.86. The van der Waals surface area contributed by atoms with Crippen LogP contribution in [-0.2, 0) is 9.53 Å². The molecule has 1 heterocycles. The van der Waals surface area contributed by atoms with Crippen molar-refractivity contribution in [2.24, 2.45) is 0 Å². The maximum Gasteiger partial charge on any atom is 0.302 e. The van der Waals surface area contributed by atoms with Crippen molar-refractivity contribution in [3.8, 4) is 0 Å². The van der Waals surface area contributed by atoms with Crippen LogP contribution < -0.4 is 0 Å².